The molecule has 0 radical (unpaired) electrons. The van der Waals surface area contributed by atoms with E-state index in [1.165, 1.54) is 13.8 Å². The highest BCUT2D eigenvalue weighted by Crippen LogP contribution is 2.41. The van der Waals surface area contributed by atoms with Crippen molar-refractivity contribution in [1.82, 2.24) is 9.78 Å². The monoisotopic (exact) mass is 454 g/mol. The molecule has 1 heterocycles. The molecule has 0 aliphatic rings. The standard InChI is InChI=1S/C28H26N2O4/c1-21(31)33-19-26-18-27(20-34-22(2)32)30(29-26)28(23-12-6-3-7-13-23,24-14-8-4-9-15-24)25-16-10-5-11-17-25/h3-18H,19-20H2,1-2H3. The lowest BCUT2D eigenvalue weighted by Crippen LogP contribution is -2.40. The number of hydrogen-bond donors (Lipinski definition) is 0. The van der Waals surface area contributed by atoms with Crippen LogP contribution in [0.15, 0.2) is 97.1 Å². The molecule has 3 aromatic carbocycles. The molecule has 6 heteroatoms. The number of esters is 2. The minimum absolute atomic E-state index is 0.0177. The number of benzene rings is 3. The number of carbonyl (C=O) groups excluding carboxylic acids is 2. The van der Waals surface area contributed by atoms with Gasteiger partial charge < -0.3 is 9.47 Å². The lowest BCUT2D eigenvalue weighted by molar-refractivity contribution is -0.143. The molecule has 0 aliphatic heterocycles. The minimum atomic E-state index is -0.867. The van der Waals surface area contributed by atoms with Gasteiger partial charge in [-0.2, -0.15) is 5.10 Å². The SMILES string of the molecule is CC(=O)OCc1cc(COC(C)=O)n(C(c2ccccc2)(c2ccccc2)c2ccccc2)n1. The van der Waals surface area contributed by atoms with E-state index >= 15 is 0 Å². The number of ether oxygens (including phenoxy) is 2. The third-order valence-corrected chi connectivity index (χ3v) is 5.57. The topological polar surface area (TPSA) is 70.4 Å². The smallest absolute Gasteiger partial charge is 0.303 e. The summed E-state index contributed by atoms with van der Waals surface area (Å²) in [6.07, 6.45) is 0. The molecule has 1 aromatic heterocycles. The first-order valence-electron chi connectivity index (χ1n) is 11.0. The van der Waals surface area contributed by atoms with Crippen LogP contribution in [0.5, 0.6) is 0 Å². The summed E-state index contributed by atoms with van der Waals surface area (Å²) in [4.78, 5) is 23.1. The van der Waals surface area contributed by atoms with Crippen LogP contribution in [0.3, 0.4) is 0 Å². The van der Waals surface area contributed by atoms with E-state index in [2.05, 4.69) is 36.4 Å². The first-order chi connectivity index (χ1) is 16.5. The molecule has 0 aliphatic carbocycles. The van der Waals surface area contributed by atoms with E-state index in [1.54, 1.807) is 0 Å². The fourth-order valence-electron chi connectivity index (χ4n) is 4.19. The van der Waals surface area contributed by atoms with Crippen molar-refractivity contribution >= 4 is 11.9 Å². The highest BCUT2D eigenvalue weighted by molar-refractivity contribution is 5.66. The van der Waals surface area contributed by atoms with Crippen LogP contribution in [-0.4, -0.2) is 21.7 Å². The molecule has 4 rings (SSSR count). The Balaban J connectivity index is 2.04. The van der Waals surface area contributed by atoms with Crippen molar-refractivity contribution < 1.29 is 19.1 Å². The molecule has 0 saturated carbocycles. The fourth-order valence-corrected chi connectivity index (χ4v) is 4.19. The number of aromatic nitrogens is 2. The maximum Gasteiger partial charge on any atom is 0.303 e. The molecule has 0 unspecified atom stereocenters. The summed E-state index contributed by atoms with van der Waals surface area (Å²) in [5.41, 5.74) is 3.32. The number of rotatable bonds is 8. The predicted molar refractivity (Wildman–Crippen MR) is 128 cm³/mol. The van der Waals surface area contributed by atoms with Crippen molar-refractivity contribution in [3.05, 3.63) is 125 Å². The van der Waals surface area contributed by atoms with Crippen LogP contribution < -0.4 is 0 Å². The predicted octanol–water partition coefficient (Wildman–Crippen LogP) is 4.85. The summed E-state index contributed by atoms with van der Waals surface area (Å²) in [7, 11) is 0. The number of nitrogens with zero attached hydrogens (tertiary/aromatic N) is 2. The van der Waals surface area contributed by atoms with Gasteiger partial charge in [-0.05, 0) is 22.8 Å². The van der Waals surface area contributed by atoms with Crippen LogP contribution >= 0.6 is 0 Å². The van der Waals surface area contributed by atoms with Gasteiger partial charge in [0.2, 0.25) is 0 Å². The van der Waals surface area contributed by atoms with E-state index in [4.69, 9.17) is 14.6 Å². The van der Waals surface area contributed by atoms with Gasteiger partial charge in [-0.3, -0.25) is 9.59 Å². The van der Waals surface area contributed by atoms with Gasteiger partial charge >= 0.3 is 11.9 Å². The Labute approximate surface area is 198 Å². The summed E-state index contributed by atoms with van der Waals surface area (Å²) in [5, 5.41) is 4.91. The van der Waals surface area contributed by atoms with Gasteiger partial charge in [-0.1, -0.05) is 91.0 Å². The summed E-state index contributed by atoms with van der Waals surface area (Å²) in [6, 6.07) is 32.0. The third-order valence-electron chi connectivity index (χ3n) is 5.57. The molecule has 4 aromatic rings. The first-order valence-corrected chi connectivity index (χ1v) is 11.0. The molecule has 34 heavy (non-hydrogen) atoms. The van der Waals surface area contributed by atoms with Crippen molar-refractivity contribution in [3.63, 3.8) is 0 Å². The van der Waals surface area contributed by atoms with Gasteiger partial charge in [0.1, 0.15) is 24.4 Å². The normalized spacial score (nSPS) is 11.1. The maximum atomic E-state index is 11.7. The summed E-state index contributed by atoms with van der Waals surface area (Å²) in [6.45, 7) is 2.78. The molecule has 0 bridgehead atoms. The third kappa shape index (κ3) is 4.62. The molecule has 6 nitrogen and oxygen atoms in total. The average molecular weight is 455 g/mol. The van der Waals surface area contributed by atoms with Crippen molar-refractivity contribution in [3.8, 4) is 0 Å². The Morgan fingerprint density at radius 2 is 1.12 bits per heavy atom. The zero-order chi connectivity index (χ0) is 24.0. The Hall–Kier alpha value is -4.19. The van der Waals surface area contributed by atoms with E-state index in [1.807, 2.05) is 65.3 Å². The number of hydrogen-bond acceptors (Lipinski definition) is 5. The van der Waals surface area contributed by atoms with Crippen LogP contribution in [0.1, 0.15) is 41.9 Å². The summed E-state index contributed by atoms with van der Waals surface area (Å²) >= 11 is 0. The Kier molecular flexibility index (Phi) is 6.87. The molecule has 0 saturated heterocycles. The van der Waals surface area contributed by atoms with E-state index < -0.39 is 11.5 Å². The molecular formula is C28H26N2O4. The molecule has 0 spiro atoms. The highest BCUT2D eigenvalue weighted by Gasteiger charge is 2.41. The van der Waals surface area contributed by atoms with Crippen LogP contribution in [-0.2, 0) is 37.8 Å². The second-order valence-corrected chi connectivity index (χ2v) is 7.91. The molecule has 0 N–H and O–H groups in total. The van der Waals surface area contributed by atoms with Gasteiger partial charge in [0, 0.05) is 13.8 Å². The fraction of sp³-hybridized carbons (Fsp3) is 0.179. The Morgan fingerprint density at radius 1 is 0.706 bits per heavy atom. The maximum absolute atomic E-state index is 11.7. The van der Waals surface area contributed by atoms with Crippen LogP contribution in [0.4, 0.5) is 0 Å². The Morgan fingerprint density at radius 3 is 1.53 bits per heavy atom. The minimum Gasteiger partial charge on any atom is -0.459 e. The second-order valence-electron chi connectivity index (χ2n) is 7.91. The van der Waals surface area contributed by atoms with E-state index in [0.717, 1.165) is 16.7 Å². The highest BCUT2D eigenvalue weighted by atomic mass is 16.5. The van der Waals surface area contributed by atoms with Crippen molar-refractivity contribution in [2.24, 2.45) is 0 Å². The van der Waals surface area contributed by atoms with E-state index in [-0.39, 0.29) is 19.2 Å². The largest absolute Gasteiger partial charge is 0.459 e. The van der Waals surface area contributed by atoms with Crippen LogP contribution in [0.2, 0.25) is 0 Å². The lowest BCUT2D eigenvalue weighted by Gasteiger charge is -2.37. The molecule has 0 fully saturated rings. The molecule has 0 amide bonds. The van der Waals surface area contributed by atoms with Gasteiger partial charge in [0.15, 0.2) is 0 Å². The van der Waals surface area contributed by atoms with E-state index in [9.17, 15) is 9.59 Å². The first kappa shape index (κ1) is 23.0. The average Bonchev–Trinajstić information content (AvgIpc) is 3.27. The van der Waals surface area contributed by atoms with Gasteiger partial charge in [-0.15, -0.1) is 0 Å². The molecule has 0 atom stereocenters. The Bertz CT molecular complexity index is 1150. The van der Waals surface area contributed by atoms with Crippen molar-refractivity contribution in [2.75, 3.05) is 0 Å². The lowest BCUT2D eigenvalue weighted by atomic mass is 9.77. The van der Waals surface area contributed by atoms with E-state index in [0.29, 0.717) is 11.4 Å². The van der Waals surface area contributed by atoms with Gasteiger partial charge in [0.25, 0.3) is 0 Å². The zero-order valence-electron chi connectivity index (χ0n) is 19.2. The quantitative estimate of drug-likeness (QED) is 0.281. The van der Waals surface area contributed by atoms with Crippen LogP contribution in [0.25, 0.3) is 0 Å². The van der Waals surface area contributed by atoms with Crippen LogP contribution in [0, 0.1) is 0 Å². The van der Waals surface area contributed by atoms with Crippen molar-refractivity contribution in [1.29, 1.82) is 0 Å². The molecule has 172 valence electrons. The summed E-state index contributed by atoms with van der Waals surface area (Å²) in [5.74, 6) is -0.782. The zero-order valence-corrected chi connectivity index (χ0v) is 19.2. The second kappa shape index (κ2) is 10.2. The molecular weight excluding hydrogens is 428 g/mol. The van der Waals surface area contributed by atoms with Gasteiger partial charge in [0.05, 0.1) is 5.69 Å². The van der Waals surface area contributed by atoms with Crippen molar-refractivity contribution in [2.45, 2.75) is 32.6 Å². The number of carbonyl (C=O) groups is 2. The summed E-state index contributed by atoms with van der Waals surface area (Å²) < 4.78 is 12.5. The van der Waals surface area contributed by atoms with Gasteiger partial charge in [-0.25, -0.2) is 4.68 Å².